The first kappa shape index (κ1) is 33.7. The van der Waals surface area contributed by atoms with E-state index in [9.17, 15) is 38.9 Å². The van der Waals surface area contributed by atoms with Gasteiger partial charge in [-0.15, -0.1) is 0 Å². The zero-order valence-corrected chi connectivity index (χ0v) is 26.2. The molecule has 1 aliphatic carbocycles. The van der Waals surface area contributed by atoms with Crippen LogP contribution in [-0.4, -0.2) is 44.6 Å². The SMILES string of the molecule is CC1=CC(=C(c2ccc(N)c(S(=O)(=O)[O-])c2)c2ccc(N)c(S(=O)(=O)O)c2)C=C(S(=O)(=O)O)C1=N.[Na+].[Na+]. The van der Waals surface area contributed by atoms with Crippen LogP contribution in [0.4, 0.5) is 11.4 Å². The van der Waals surface area contributed by atoms with Crippen molar-refractivity contribution in [3.8, 4) is 0 Å². The van der Waals surface area contributed by atoms with Gasteiger partial charge in [-0.3, -0.25) is 14.5 Å². The van der Waals surface area contributed by atoms with Crippen LogP contribution in [0.25, 0.3) is 5.57 Å². The Hall–Kier alpha value is -1.34. The molecule has 3 rings (SSSR count). The van der Waals surface area contributed by atoms with Gasteiger partial charge < -0.3 is 16.0 Å². The number of hydrogen-bond acceptors (Lipinski definition) is 10. The molecule has 2 aromatic rings. The van der Waals surface area contributed by atoms with E-state index in [-0.39, 0.29) is 98.3 Å². The molecule has 0 radical (unpaired) electrons. The molecule has 186 valence electrons. The molecule has 0 bridgehead atoms. The van der Waals surface area contributed by atoms with Crippen molar-refractivity contribution >= 4 is 53.0 Å². The predicted octanol–water partition coefficient (Wildman–Crippen LogP) is -4.44. The Morgan fingerprint density at radius 2 is 1.27 bits per heavy atom. The third kappa shape index (κ3) is 7.40. The molecule has 17 heteroatoms. The summed E-state index contributed by atoms with van der Waals surface area (Å²) in [6.45, 7) is 1.38. The van der Waals surface area contributed by atoms with Gasteiger partial charge in [0, 0.05) is 5.69 Å². The molecule has 0 unspecified atom stereocenters. The number of nitrogens with one attached hydrogen (secondary N) is 1. The minimum atomic E-state index is -5.05. The number of benzene rings is 2. The van der Waals surface area contributed by atoms with Crippen LogP contribution < -0.4 is 70.6 Å². The van der Waals surface area contributed by atoms with Crippen molar-refractivity contribution < 1.29 is 98.0 Å². The minimum Gasteiger partial charge on any atom is -0.744 e. The van der Waals surface area contributed by atoms with Gasteiger partial charge >= 0.3 is 59.1 Å². The first-order valence-electron chi connectivity index (χ1n) is 9.35. The molecule has 0 saturated carbocycles. The average molecular weight is 587 g/mol. The van der Waals surface area contributed by atoms with Gasteiger partial charge in [0.05, 0.1) is 16.3 Å². The average Bonchev–Trinajstić information content (AvgIpc) is 2.70. The molecule has 2 aromatic carbocycles. The molecule has 0 saturated heterocycles. The monoisotopic (exact) mass is 586 g/mol. The normalized spacial score (nSPS) is 15.6. The van der Waals surface area contributed by atoms with Crippen LogP contribution in [0, 0.1) is 5.41 Å². The summed E-state index contributed by atoms with van der Waals surface area (Å²) in [7, 11) is -14.7. The van der Waals surface area contributed by atoms with Crippen LogP contribution in [0.15, 0.2) is 74.4 Å². The zero-order chi connectivity index (χ0) is 26.5. The summed E-state index contributed by atoms with van der Waals surface area (Å²) in [4.78, 5) is -2.26. The number of anilines is 2. The van der Waals surface area contributed by atoms with Gasteiger partial charge in [0.15, 0.2) is 0 Å². The summed E-state index contributed by atoms with van der Waals surface area (Å²) in [5, 5.41) is 7.97. The molecular weight excluding hydrogens is 568 g/mol. The predicted molar refractivity (Wildman–Crippen MR) is 127 cm³/mol. The van der Waals surface area contributed by atoms with Crippen LogP contribution in [0.1, 0.15) is 18.1 Å². The summed E-state index contributed by atoms with van der Waals surface area (Å²) < 4.78 is 102. The Balaban J connectivity index is 0.00000342. The summed E-state index contributed by atoms with van der Waals surface area (Å²) in [5.74, 6) is 0. The van der Waals surface area contributed by atoms with E-state index in [2.05, 4.69) is 0 Å². The number of hydrogen-bond donors (Lipinski definition) is 5. The summed E-state index contributed by atoms with van der Waals surface area (Å²) in [6.07, 6.45) is 2.25. The molecule has 0 aliphatic heterocycles. The first-order chi connectivity index (χ1) is 15.9. The number of nitrogen functional groups attached to an aromatic ring is 2. The second-order valence-corrected chi connectivity index (χ2v) is 11.6. The van der Waals surface area contributed by atoms with Crippen molar-refractivity contribution in [2.45, 2.75) is 16.7 Å². The second kappa shape index (κ2) is 11.8. The van der Waals surface area contributed by atoms with Crippen LogP contribution >= 0.6 is 0 Å². The van der Waals surface area contributed by atoms with E-state index in [0.717, 1.165) is 30.3 Å². The van der Waals surface area contributed by atoms with Crippen molar-refractivity contribution in [1.29, 1.82) is 5.41 Å². The molecule has 0 amide bonds. The molecule has 0 atom stereocenters. The summed E-state index contributed by atoms with van der Waals surface area (Å²) in [6, 6.07) is 6.71. The standard InChI is InChI=1S/C20H19N3O9S3.2Na/c1-10-6-13(9-18(20(10)23)35(30,31)32)19(11-2-4-14(21)16(7-11)33(24,25)26)12-3-5-15(22)17(8-12)34(27,28)29;;/h2-9,23H,21-22H2,1H3,(H,24,25,26)(H,27,28,29)(H,30,31,32);;/q;2*+1/p-1. The van der Waals surface area contributed by atoms with E-state index < -0.39 is 50.8 Å². The number of rotatable bonds is 5. The first-order valence-corrected chi connectivity index (χ1v) is 13.6. The third-order valence-electron chi connectivity index (χ3n) is 5.02. The van der Waals surface area contributed by atoms with Crippen LogP contribution in [0.5, 0.6) is 0 Å². The van der Waals surface area contributed by atoms with Gasteiger partial charge in [-0.1, -0.05) is 12.1 Å². The van der Waals surface area contributed by atoms with E-state index in [4.69, 9.17) is 16.9 Å². The topological polar surface area (TPSA) is 242 Å². The molecule has 0 fully saturated rings. The van der Waals surface area contributed by atoms with Crippen molar-refractivity contribution in [3.05, 3.63) is 75.7 Å². The fraction of sp³-hybridized carbons (Fsp3) is 0.0500. The van der Waals surface area contributed by atoms with Crippen molar-refractivity contribution in [2.75, 3.05) is 11.5 Å². The number of nitrogens with two attached hydrogens (primary N) is 2. The van der Waals surface area contributed by atoms with Crippen molar-refractivity contribution in [3.63, 3.8) is 0 Å². The van der Waals surface area contributed by atoms with E-state index >= 15 is 0 Å². The molecule has 37 heavy (non-hydrogen) atoms. The van der Waals surface area contributed by atoms with Crippen LogP contribution in [0.3, 0.4) is 0 Å². The Bertz CT molecular complexity index is 1630. The largest absolute Gasteiger partial charge is 1.00 e. The van der Waals surface area contributed by atoms with Gasteiger partial charge in [-0.2, -0.15) is 16.8 Å². The second-order valence-electron chi connectivity index (χ2n) is 7.45. The van der Waals surface area contributed by atoms with Gasteiger partial charge in [0.1, 0.15) is 19.9 Å². The smallest absolute Gasteiger partial charge is 0.744 e. The third-order valence-corrected chi connectivity index (χ3v) is 7.70. The van der Waals surface area contributed by atoms with Gasteiger partial charge in [0.2, 0.25) is 0 Å². The molecule has 1 aliphatic rings. The van der Waals surface area contributed by atoms with Gasteiger partial charge in [-0.25, -0.2) is 8.42 Å². The molecule has 7 N–H and O–H groups in total. The fourth-order valence-electron chi connectivity index (χ4n) is 3.42. The Labute approximate surface area is 257 Å². The maximum Gasteiger partial charge on any atom is 1.00 e. The molecule has 0 heterocycles. The van der Waals surface area contributed by atoms with E-state index in [1.54, 1.807) is 0 Å². The van der Waals surface area contributed by atoms with E-state index in [1.165, 1.54) is 25.1 Å². The Morgan fingerprint density at radius 3 is 1.70 bits per heavy atom. The summed E-state index contributed by atoms with van der Waals surface area (Å²) >= 11 is 0. The van der Waals surface area contributed by atoms with E-state index in [0.29, 0.717) is 0 Å². The van der Waals surface area contributed by atoms with Gasteiger partial charge in [0.25, 0.3) is 20.2 Å². The Morgan fingerprint density at radius 1 is 0.811 bits per heavy atom. The number of allylic oxidation sites excluding steroid dienone is 5. The molecule has 0 aromatic heterocycles. The maximum absolute atomic E-state index is 11.9. The van der Waals surface area contributed by atoms with Gasteiger partial charge in [-0.05, 0) is 71.2 Å². The van der Waals surface area contributed by atoms with Crippen LogP contribution in [0.2, 0.25) is 0 Å². The minimum absolute atomic E-state index is 0. The zero-order valence-electron chi connectivity index (χ0n) is 19.8. The van der Waals surface area contributed by atoms with Crippen molar-refractivity contribution in [2.24, 2.45) is 0 Å². The van der Waals surface area contributed by atoms with Crippen molar-refractivity contribution in [1.82, 2.24) is 0 Å². The fourth-order valence-corrected chi connectivity index (χ4v) is 5.39. The Kier molecular flexibility index (Phi) is 10.8. The maximum atomic E-state index is 11.9. The molecule has 12 nitrogen and oxygen atoms in total. The molecular formula is C20H18N3Na2O9S3+. The summed E-state index contributed by atoms with van der Waals surface area (Å²) in [5.41, 5.74) is 10.1. The molecule has 0 spiro atoms. The quantitative estimate of drug-likeness (QED) is 0.127. The van der Waals surface area contributed by atoms with E-state index in [1.807, 2.05) is 0 Å². The van der Waals surface area contributed by atoms with Crippen LogP contribution in [-0.2, 0) is 30.4 Å².